The predicted octanol–water partition coefficient (Wildman–Crippen LogP) is 2.93. The lowest BCUT2D eigenvalue weighted by Gasteiger charge is -2.21. The van der Waals surface area contributed by atoms with Crippen LogP contribution in [0.5, 0.6) is 0 Å². The number of carboxylic acid groups (broad SMARTS) is 1. The maximum atomic E-state index is 10.9. The Morgan fingerprint density at radius 2 is 1.45 bits per heavy atom. The Hall–Kier alpha value is -2.39. The van der Waals surface area contributed by atoms with Gasteiger partial charge in [0.15, 0.2) is 0 Å². The molecular weight excluding hydrogens is 250 g/mol. The Bertz CT molecular complexity index is 627. The average molecular weight is 265 g/mol. The third kappa shape index (κ3) is 2.36. The predicted molar refractivity (Wildman–Crippen MR) is 79.3 cm³/mol. The molecule has 0 saturated heterocycles. The van der Waals surface area contributed by atoms with Gasteiger partial charge < -0.3 is 5.11 Å². The highest BCUT2D eigenvalue weighted by molar-refractivity contribution is 5.76. The van der Waals surface area contributed by atoms with Crippen molar-refractivity contribution in [2.45, 2.75) is 6.04 Å². The zero-order chi connectivity index (χ0) is 13.9. The minimum atomic E-state index is -0.850. The summed E-state index contributed by atoms with van der Waals surface area (Å²) in [5.74, 6) is -0.850. The number of fused-ring (bicyclic) bond motifs is 2. The van der Waals surface area contributed by atoms with Crippen LogP contribution in [-0.2, 0) is 4.79 Å². The molecule has 0 saturated carbocycles. The molecule has 3 rings (SSSR count). The molecule has 20 heavy (non-hydrogen) atoms. The highest BCUT2D eigenvalue weighted by Gasteiger charge is 2.21. The topological polar surface area (TPSA) is 49.3 Å². The van der Waals surface area contributed by atoms with Gasteiger partial charge in [-0.3, -0.25) is 10.1 Å². The molecule has 100 valence electrons. The lowest BCUT2D eigenvalue weighted by atomic mass is 9.94. The lowest BCUT2D eigenvalue weighted by molar-refractivity contribution is -0.136. The van der Waals surface area contributed by atoms with Crippen LogP contribution in [0.3, 0.4) is 0 Å². The van der Waals surface area contributed by atoms with Gasteiger partial charge in [-0.05, 0) is 22.3 Å². The lowest BCUT2D eigenvalue weighted by Crippen LogP contribution is -2.28. The van der Waals surface area contributed by atoms with E-state index in [9.17, 15) is 4.79 Å². The zero-order valence-corrected chi connectivity index (χ0v) is 10.9. The molecule has 0 bridgehead atoms. The van der Waals surface area contributed by atoms with Crippen LogP contribution in [0.15, 0.2) is 48.5 Å². The van der Waals surface area contributed by atoms with Crippen molar-refractivity contribution < 1.29 is 9.90 Å². The van der Waals surface area contributed by atoms with Crippen molar-refractivity contribution in [1.29, 1.82) is 0 Å². The number of hydrogen-bond acceptors (Lipinski definition) is 2. The van der Waals surface area contributed by atoms with Crippen molar-refractivity contribution in [2.24, 2.45) is 0 Å². The van der Waals surface area contributed by atoms with Gasteiger partial charge in [0.05, 0.1) is 12.6 Å². The fourth-order valence-corrected chi connectivity index (χ4v) is 2.61. The zero-order valence-electron chi connectivity index (χ0n) is 10.9. The first kappa shape index (κ1) is 12.6. The second-order valence-corrected chi connectivity index (χ2v) is 4.80. The largest absolute Gasteiger partial charge is 0.480 e. The quantitative estimate of drug-likeness (QED) is 0.897. The summed E-state index contributed by atoms with van der Waals surface area (Å²) in [6, 6.07) is 16.0. The van der Waals surface area contributed by atoms with Gasteiger partial charge in [-0.15, -0.1) is 0 Å². The number of carbonyl (C=O) groups is 1. The van der Waals surface area contributed by atoms with Crippen molar-refractivity contribution in [3.8, 4) is 0 Å². The monoisotopic (exact) mass is 265 g/mol. The molecule has 0 fully saturated rings. The van der Waals surface area contributed by atoms with E-state index in [1.54, 1.807) is 0 Å². The maximum absolute atomic E-state index is 10.9. The van der Waals surface area contributed by atoms with E-state index < -0.39 is 5.97 Å². The molecule has 2 N–H and O–H groups in total. The van der Waals surface area contributed by atoms with E-state index in [0.717, 1.165) is 22.3 Å². The van der Waals surface area contributed by atoms with Crippen molar-refractivity contribution >= 4 is 18.1 Å². The van der Waals surface area contributed by atoms with E-state index in [1.165, 1.54) is 0 Å². The number of aliphatic carboxylic acids is 1. The number of carboxylic acids is 1. The molecule has 0 aromatic heterocycles. The van der Waals surface area contributed by atoms with Gasteiger partial charge in [0.2, 0.25) is 0 Å². The summed E-state index contributed by atoms with van der Waals surface area (Å²) < 4.78 is 0. The number of hydrogen-bond donors (Lipinski definition) is 2. The van der Waals surface area contributed by atoms with Crippen LogP contribution in [0.25, 0.3) is 12.2 Å². The van der Waals surface area contributed by atoms with E-state index in [2.05, 4.69) is 17.5 Å². The summed E-state index contributed by atoms with van der Waals surface area (Å²) in [7, 11) is 0. The van der Waals surface area contributed by atoms with Crippen molar-refractivity contribution in [3.05, 3.63) is 70.8 Å². The molecule has 1 aliphatic carbocycles. The Labute approximate surface area is 117 Å². The van der Waals surface area contributed by atoms with Crippen LogP contribution in [0.1, 0.15) is 28.3 Å². The highest BCUT2D eigenvalue weighted by Crippen LogP contribution is 2.32. The molecule has 0 spiro atoms. The van der Waals surface area contributed by atoms with Crippen molar-refractivity contribution in [3.63, 3.8) is 0 Å². The first-order chi connectivity index (χ1) is 9.75. The second-order valence-electron chi connectivity index (χ2n) is 4.80. The summed E-state index contributed by atoms with van der Waals surface area (Å²) in [6.45, 7) is -0.0622. The van der Waals surface area contributed by atoms with Crippen LogP contribution < -0.4 is 5.32 Å². The molecule has 0 unspecified atom stereocenters. The third-order valence-electron chi connectivity index (χ3n) is 3.51. The van der Waals surface area contributed by atoms with Crippen LogP contribution in [0.2, 0.25) is 0 Å². The van der Waals surface area contributed by atoms with Crippen molar-refractivity contribution in [1.82, 2.24) is 5.32 Å². The van der Waals surface area contributed by atoms with E-state index in [4.69, 9.17) is 5.11 Å². The second kappa shape index (κ2) is 5.31. The van der Waals surface area contributed by atoms with E-state index >= 15 is 0 Å². The van der Waals surface area contributed by atoms with Gasteiger partial charge in [-0.2, -0.15) is 0 Å². The molecule has 0 radical (unpaired) electrons. The van der Waals surface area contributed by atoms with Crippen LogP contribution in [-0.4, -0.2) is 17.6 Å². The van der Waals surface area contributed by atoms with E-state index in [1.807, 2.05) is 48.5 Å². The van der Waals surface area contributed by atoms with Crippen molar-refractivity contribution in [2.75, 3.05) is 6.54 Å². The number of rotatable bonds is 3. The Kier molecular flexibility index (Phi) is 3.35. The fraction of sp³-hybridized carbons (Fsp3) is 0.118. The Morgan fingerprint density at radius 1 is 0.950 bits per heavy atom. The van der Waals surface area contributed by atoms with Gasteiger partial charge >= 0.3 is 5.97 Å². The summed E-state index contributed by atoms with van der Waals surface area (Å²) in [5.41, 5.74) is 4.45. The molecule has 2 aromatic carbocycles. The summed E-state index contributed by atoms with van der Waals surface area (Å²) in [5, 5.41) is 12.1. The average Bonchev–Trinajstić information content (AvgIpc) is 2.62. The van der Waals surface area contributed by atoms with E-state index in [-0.39, 0.29) is 12.6 Å². The molecule has 3 heteroatoms. The summed E-state index contributed by atoms with van der Waals surface area (Å²) >= 11 is 0. The fourth-order valence-electron chi connectivity index (χ4n) is 2.61. The van der Waals surface area contributed by atoms with E-state index in [0.29, 0.717) is 0 Å². The van der Waals surface area contributed by atoms with Crippen LogP contribution in [0.4, 0.5) is 0 Å². The first-order valence-electron chi connectivity index (χ1n) is 6.57. The van der Waals surface area contributed by atoms with Crippen LogP contribution >= 0.6 is 0 Å². The minimum absolute atomic E-state index is 0.0622. The number of nitrogens with one attached hydrogen (secondary N) is 1. The maximum Gasteiger partial charge on any atom is 0.317 e. The SMILES string of the molecule is O=C(O)CNC1c2ccccc2C=Cc2ccccc21. The standard InChI is InChI=1S/C17H15NO2/c19-16(20)11-18-17-14-7-3-1-5-12(14)9-10-13-6-2-4-8-15(13)17/h1-10,17-18H,11H2,(H,19,20). The van der Waals surface area contributed by atoms with Gasteiger partial charge in [0.1, 0.15) is 0 Å². The smallest absolute Gasteiger partial charge is 0.317 e. The molecule has 0 atom stereocenters. The number of benzene rings is 2. The summed E-state index contributed by atoms with van der Waals surface area (Å²) in [4.78, 5) is 10.9. The Morgan fingerprint density at radius 3 is 1.95 bits per heavy atom. The molecule has 2 aromatic rings. The molecule has 0 heterocycles. The molecule has 3 nitrogen and oxygen atoms in total. The van der Waals surface area contributed by atoms with Gasteiger partial charge in [-0.1, -0.05) is 60.7 Å². The third-order valence-corrected chi connectivity index (χ3v) is 3.51. The first-order valence-corrected chi connectivity index (χ1v) is 6.57. The molecule has 0 amide bonds. The minimum Gasteiger partial charge on any atom is -0.480 e. The highest BCUT2D eigenvalue weighted by atomic mass is 16.4. The molecular formula is C17H15NO2. The summed E-state index contributed by atoms with van der Waals surface area (Å²) in [6.07, 6.45) is 4.16. The van der Waals surface area contributed by atoms with Gasteiger partial charge in [0, 0.05) is 0 Å². The molecule has 1 aliphatic rings. The normalized spacial score (nSPS) is 13.4. The molecule has 0 aliphatic heterocycles. The Balaban J connectivity index is 2.10. The van der Waals surface area contributed by atoms with Gasteiger partial charge in [-0.25, -0.2) is 0 Å². The van der Waals surface area contributed by atoms with Crippen LogP contribution in [0, 0.1) is 0 Å². The van der Waals surface area contributed by atoms with Gasteiger partial charge in [0.25, 0.3) is 0 Å².